The third-order valence-electron chi connectivity index (χ3n) is 1.60. The van der Waals surface area contributed by atoms with Gasteiger partial charge in [0.15, 0.2) is 0 Å². The quantitative estimate of drug-likeness (QED) is 0.776. The van der Waals surface area contributed by atoms with Crippen LogP contribution in [0.25, 0.3) is 10.2 Å². The molecule has 0 saturated heterocycles. The fourth-order valence-corrected chi connectivity index (χ4v) is 2.28. The Morgan fingerprint density at radius 1 is 1.64 bits per heavy atom. The fraction of sp³-hybridized carbons (Fsp3) is 0. The zero-order valence-corrected chi connectivity index (χ0v) is 8.26. The molecule has 0 fully saturated rings. The third kappa shape index (κ3) is 1.28. The summed E-state index contributed by atoms with van der Waals surface area (Å²) in [7, 11) is 0. The van der Waals surface area contributed by atoms with Gasteiger partial charge in [-0.2, -0.15) is 0 Å². The Labute approximate surface area is 87.2 Å². The second-order valence-corrected chi connectivity index (χ2v) is 3.87. The molecule has 14 heavy (non-hydrogen) atoms. The molecule has 0 bridgehead atoms. The van der Waals surface area contributed by atoms with E-state index in [1.807, 2.05) is 0 Å². The fourth-order valence-electron chi connectivity index (χ4n) is 1.01. The molecule has 0 aliphatic heterocycles. The van der Waals surface area contributed by atoms with Gasteiger partial charge >= 0.3 is 5.97 Å². The number of aromatic carboxylic acids is 1. The second-order valence-electron chi connectivity index (χ2n) is 2.50. The number of carboxylic acid groups (broad SMARTS) is 1. The average Bonchev–Trinajstić information content (AvgIpc) is 2.43. The van der Waals surface area contributed by atoms with Crippen molar-refractivity contribution in [2.45, 2.75) is 0 Å². The van der Waals surface area contributed by atoms with Crippen LogP contribution < -0.4 is 5.73 Å². The lowest BCUT2D eigenvalue weighted by Crippen LogP contribution is -1.92. The minimum Gasteiger partial charge on any atom is -0.477 e. The highest BCUT2D eigenvalue weighted by atomic mass is 35.5. The minimum absolute atomic E-state index is 0.0570. The summed E-state index contributed by atoms with van der Waals surface area (Å²) in [5, 5.41) is 9.46. The number of halogens is 1. The predicted molar refractivity (Wildman–Crippen MR) is 53.8 cm³/mol. The van der Waals surface area contributed by atoms with Crippen molar-refractivity contribution in [3.8, 4) is 0 Å². The number of nitrogen functional groups attached to an aromatic ring is 1. The number of fused-ring (bicyclic) bond motifs is 1. The molecule has 3 N–H and O–H groups in total. The predicted octanol–water partition coefficient (Wildman–Crippen LogP) is 1.63. The topological polar surface area (TPSA) is 89.1 Å². The Hall–Kier alpha value is -1.40. The summed E-state index contributed by atoms with van der Waals surface area (Å²) in [6.07, 6.45) is 1.42. The molecule has 7 heteroatoms. The minimum atomic E-state index is -1.07. The normalized spacial score (nSPS) is 10.6. The van der Waals surface area contributed by atoms with E-state index in [0.717, 1.165) is 11.3 Å². The molecule has 0 atom stereocenters. The number of thiophene rings is 1. The zero-order valence-electron chi connectivity index (χ0n) is 6.69. The molecule has 72 valence electrons. The SMILES string of the molecule is Nc1ncc2c(Cl)c(C(=O)O)sc2n1. The van der Waals surface area contributed by atoms with Crippen LogP contribution in [0.15, 0.2) is 6.20 Å². The van der Waals surface area contributed by atoms with Crippen LogP contribution in [0.4, 0.5) is 5.95 Å². The Morgan fingerprint density at radius 2 is 2.36 bits per heavy atom. The van der Waals surface area contributed by atoms with Crippen LogP contribution in [0.5, 0.6) is 0 Å². The molecule has 0 saturated carbocycles. The van der Waals surface area contributed by atoms with E-state index < -0.39 is 5.97 Å². The van der Waals surface area contributed by atoms with Gasteiger partial charge in [-0.15, -0.1) is 11.3 Å². The van der Waals surface area contributed by atoms with Crippen LogP contribution in [0.1, 0.15) is 9.67 Å². The summed E-state index contributed by atoms with van der Waals surface area (Å²) in [5.41, 5.74) is 5.35. The van der Waals surface area contributed by atoms with Gasteiger partial charge in [-0.25, -0.2) is 14.8 Å². The van der Waals surface area contributed by atoms with Gasteiger partial charge in [0.1, 0.15) is 9.71 Å². The van der Waals surface area contributed by atoms with E-state index in [2.05, 4.69) is 9.97 Å². The molecule has 0 spiro atoms. The van der Waals surface area contributed by atoms with Gasteiger partial charge in [-0.1, -0.05) is 11.6 Å². The average molecular weight is 230 g/mol. The van der Waals surface area contributed by atoms with Crippen LogP contribution in [0.2, 0.25) is 5.02 Å². The van der Waals surface area contributed by atoms with Crippen molar-refractivity contribution in [1.82, 2.24) is 9.97 Å². The van der Waals surface area contributed by atoms with Gasteiger partial charge in [-0.3, -0.25) is 0 Å². The number of aromatic nitrogens is 2. The van der Waals surface area contributed by atoms with Gasteiger partial charge in [0.2, 0.25) is 5.95 Å². The van der Waals surface area contributed by atoms with Gasteiger partial charge < -0.3 is 10.8 Å². The first-order chi connectivity index (χ1) is 6.59. The summed E-state index contributed by atoms with van der Waals surface area (Å²) in [5.74, 6) is -0.969. The smallest absolute Gasteiger partial charge is 0.347 e. The first-order valence-corrected chi connectivity index (χ1v) is 4.73. The molecule has 2 aromatic heterocycles. The van der Waals surface area contributed by atoms with Gasteiger partial charge in [0.05, 0.1) is 5.02 Å². The number of nitrogens with two attached hydrogens (primary N) is 1. The third-order valence-corrected chi connectivity index (χ3v) is 3.19. The number of anilines is 1. The maximum absolute atomic E-state index is 10.7. The molecule has 5 nitrogen and oxygen atoms in total. The molecular formula is C7H4ClN3O2S. The van der Waals surface area contributed by atoms with Crippen LogP contribution in [0.3, 0.4) is 0 Å². The summed E-state index contributed by atoms with van der Waals surface area (Å²) >= 11 is 6.80. The molecule has 0 unspecified atom stereocenters. The van der Waals surface area contributed by atoms with Crippen molar-refractivity contribution < 1.29 is 9.90 Å². The Kier molecular flexibility index (Phi) is 2.01. The molecule has 0 radical (unpaired) electrons. The second kappa shape index (κ2) is 3.07. The summed E-state index contributed by atoms with van der Waals surface area (Å²) < 4.78 is 0. The van der Waals surface area contributed by atoms with E-state index >= 15 is 0 Å². The van der Waals surface area contributed by atoms with E-state index in [-0.39, 0.29) is 15.8 Å². The highest BCUT2D eigenvalue weighted by molar-refractivity contribution is 7.21. The van der Waals surface area contributed by atoms with Crippen LogP contribution >= 0.6 is 22.9 Å². The summed E-state index contributed by atoms with van der Waals surface area (Å²) in [6, 6.07) is 0. The van der Waals surface area contributed by atoms with Gasteiger partial charge in [0, 0.05) is 11.6 Å². The van der Waals surface area contributed by atoms with Crippen molar-refractivity contribution in [3.05, 3.63) is 16.1 Å². The first-order valence-electron chi connectivity index (χ1n) is 3.53. The van der Waals surface area contributed by atoms with E-state index in [1.165, 1.54) is 6.20 Å². The maximum Gasteiger partial charge on any atom is 0.347 e. The van der Waals surface area contributed by atoms with Gasteiger partial charge in [-0.05, 0) is 0 Å². The van der Waals surface area contributed by atoms with E-state index in [9.17, 15) is 4.79 Å². The Balaban J connectivity index is 2.79. The number of rotatable bonds is 1. The lowest BCUT2D eigenvalue weighted by molar-refractivity contribution is 0.0702. The monoisotopic (exact) mass is 229 g/mol. The van der Waals surface area contributed by atoms with Crippen molar-refractivity contribution in [2.24, 2.45) is 0 Å². The molecular weight excluding hydrogens is 226 g/mol. The lowest BCUT2D eigenvalue weighted by atomic mass is 10.3. The van der Waals surface area contributed by atoms with Crippen molar-refractivity contribution >= 4 is 45.1 Å². The van der Waals surface area contributed by atoms with Crippen LogP contribution in [-0.2, 0) is 0 Å². The molecule has 0 amide bonds. The largest absolute Gasteiger partial charge is 0.477 e. The zero-order chi connectivity index (χ0) is 10.3. The molecule has 0 aliphatic rings. The number of hydrogen-bond acceptors (Lipinski definition) is 5. The van der Waals surface area contributed by atoms with Crippen LogP contribution in [-0.4, -0.2) is 21.0 Å². The number of carboxylic acids is 1. The number of carbonyl (C=O) groups is 1. The van der Waals surface area contributed by atoms with Crippen molar-refractivity contribution in [2.75, 3.05) is 5.73 Å². The maximum atomic E-state index is 10.7. The van der Waals surface area contributed by atoms with E-state index in [1.54, 1.807) is 0 Å². The lowest BCUT2D eigenvalue weighted by Gasteiger charge is -1.90. The Bertz CT molecular complexity index is 525. The van der Waals surface area contributed by atoms with Crippen LogP contribution in [0, 0.1) is 0 Å². The molecule has 0 aromatic carbocycles. The Morgan fingerprint density at radius 3 is 3.00 bits per heavy atom. The number of hydrogen-bond donors (Lipinski definition) is 2. The highest BCUT2D eigenvalue weighted by Crippen LogP contribution is 2.33. The van der Waals surface area contributed by atoms with E-state index in [4.69, 9.17) is 22.4 Å². The first kappa shape index (κ1) is 9.17. The van der Waals surface area contributed by atoms with E-state index in [0.29, 0.717) is 10.2 Å². The molecule has 0 aliphatic carbocycles. The van der Waals surface area contributed by atoms with Crippen molar-refractivity contribution in [3.63, 3.8) is 0 Å². The standard InChI is InChI=1S/C7H4ClN3O2S/c8-3-2-1-10-7(9)11-5(2)14-4(3)6(12)13/h1H,(H,12,13)(H2,9,10,11). The summed E-state index contributed by atoms with van der Waals surface area (Å²) in [4.78, 5) is 18.9. The van der Waals surface area contributed by atoms with Gasteiger partial charge in [0.25, 0.3) is 0 Å². The number of nitrogens with zero attached hydrogens (tertiary/aromatic N) is 2. The summed E-state index contributed by atoms with van der Waals surface area (Å²) in [6.45, 7) is 0. The molecule has 2 rings (SSSR count). The van der Waals surface area contributed by atoms with Crippen molar-refractivity contribution in [1.29, 1.82) is 0 Å². The molecule has 2 heterocycles. The molecule has 2 aromatic rings. The highest BCUT2D eigenvalue weighted by Gasteiger charge is 2.17.